The second kappa shape index (κ2) is 7.44. The molecule has 0 spiro atoms. The molecular formula is C16H6F8O4. The Balaban J connectivity index is 2.47. The standard InChI is InChI=1S/C16H6F8O4/c1-3(25)5-7(17)11(21)14(24)16(9(5)19)28-2-4(26)6-8(18)10(20)12(22)13(23)15(6)27/h27H,2H2,1H3. The highest BCUT2D eigenvalue weighted by molar-refractivity contribution is 6.00. The van der Waals surface area contributed by atoms with Gasteiger partial charge in [-0.05, 0) is 6.92 Å². The van der Waals surface area contributed by atoms with Crippen molar-refractivity contribution in [1.29, 1.82) is 0 Å². The highest BCUT2D eigenvalue weighted by Crippen LogP contribution is 2.32. The van der Waals surface area contributed by atoms with E-state index in [0.717, 1.165) is 0 Å². The van der Waals surface area contributed by atoms with E-state index in [2.05, 4.69) is 4.74 Å². The SMILES string of the molecule is CC(=O)c1c(F)c(F)c(F)c(OCC(=O)c2c(O)c(F)c(F)c(F)c2F)c1F. The number of benzene rings is 2. The first kappa shape index (κ1) is 21.1. The first-order valence-corrected chi connectivity index (χ1v) is 6.99. The number of carbonyl (C=O) groups is 2. The summed E-state index contributed by atoms with van der Waals surface area (Å²) in [4.78, 5) is 23.0. The predicted octanol–water partition coefficient (Wildman–Crippen LogP) is 3.97. The fourth-order valence-electron chi connectivity index (χ4n) is 2.13. The van der Waals surface area contributed by atoms with Gasteiger partial charge >= 0.3 is 0 Å². The number of aromatic hydroxyl groups is 1. The zero-order valence-electron chi connectivity index (χ0n) is 13.4. The van der Waals surface area contributed by atoms with Crippen LogP contribution in [0.15, 0.2) is 0 Å². The maximum atomic E-state index is 14.0. The number of phenolic OH excluding ortho intramolecular Hbond substituents is 1. The van der Waals surface area contributed by atoms with Crippen LogP contribution in [0.2, 0.25) is 0 Å². The molecule has 0 saturated carbocycles. The minimum absolute atomic E-state index is 0.602. The number of phenols is 1. The third-order valence-electron chi connectivity index (χ3n) is 3.44. The lowest BCUT2D eigenvalue weighted by molar-refractivity contribution is 0.0904. The lowest BCUT2D eigenvalue weighted by Crippen LogP contribution is -2.18. The molecule has 2 rings (SSSR count). The van der Waals surface area contributed by atoms with Gasteiger partial charge in [0.05, 0.1) is 5.56 Å². The van der Waals surface area contributed by atoms with Gasteiger partial charge in [-0.1, -0.05) is 0 Å². The molecule has 0 aliphatic carbocycles. The van der Waals surface area contributed by atoms with Crippen LogP contribution in [-0.2, 0) is 0 Å². The minimum Gasteiger partial charge on any atom is -0.504 e. The summed E-state index contributed by atoms with van der Waals surface area (Å²) < 4.78 is 112. The highest BCUT2D eigenvalue weighted by atomic mass is 19.2. The topological polar surface area (TPSA) is 63.6 Å². The second-order valence-corrected chi connectivity index (χ2v) is 5.21. The summed E-state index contributed by atoms with van der Waals surface area (Å²) in [5.74, 6) is -25.4. The third kappa shape index (κ3) is 3.25. The van der Waals surface area contributed by atoms with Gasteiger partial charge in [0.1, 0.15) is 5.56 Å². The summed E-state index contributed by atoms with van der Waals surface area (Å²) in [5, 5.41) is 9.26. The number of Topliss-reactive ketones (excluding diaryl/α,β-unsaturated/α-hetero) is 2. The van der Waals surface area contributed by atoms with Crippen molar-refractivity contribution in [2.45, 2.75) is 6.92 Å². The average molecular weight is 414 g/mol. The van der Waals surface area contributed by atoms with Crippen molar-refractivity contribution in [3.05, 3.63) is 57.7 Å². The fourth-order valence-corrected chi connectivity index (χ4v) is 2.13. The Morgan fingerprint density at radius 1 is 0.714 bits per heavy atom. The molecule has 0 aromatic heterocycles. The number of carbonyl (C=O) groups excluding carboxylic acids is 2. The number of ether oxygens (including phenoxy) is 1. The number of hydrogen-bond acceptors (Lipinski definition) is 4. The number of hydrogen-bond donors (Lipinski definition) is 1. The molecule has 2 aromatic carbocycles. The normalized spacial score (nSPS) is 10.9. The molecule has 0 bridgehead atoms. The molecule has 1 N–H and O–H groups in total. The molecule has 2 aromatic rings. The monoisotopic (exact) mass is 414 g/mol. The summed E-state index contributed by atoms with van der Waals surface area (Å²) >= 11 is 0. The van der Waals surface area contributed by atoms with Crippen molar-refractivity contribution in [3.8, 4) is 11.5 Å². The lowest BCUT2D eigenvalue weighted by Gasteiger charge is -2.13. The van der Waals surface area contributed by atoms with Crippen LogP contribution in [0.1, 0.15) is 27.6 Å². The van der Waals surface area contributed by atoms with Gasteiger partial charge in [-0.25, -0.2) is 26.3 Å². The van der Waals surface area contributed by atoms with Gasteiger partial charge < -0.3 is 9.84 Å². The summed E-state index contributed by atoms with van der Waals surface area (Å²) in [7, 11) is 0. The maximum absolute atomic E-state index is 14.0. The largest absolute Gasteiger partial charge is 0.504 e. The summed E-state index contributed by atoms with van der Waals surface area (Å²) in [6.07, 6.45) is 0. The highest BCUT2D eigenvalue weighted by Gasteiger charge is 2.32. The number of ketones is 2. The molecule has 0 atom stereocenters. The fraction of sp³-hybridized carbons (Fsp3) is 0.125. The molecule has 4 nitrogen and oxygen atoms in total. The minimum atomic E-state index is -2.47. The third-order valence-corrected chi connectivity index (χ3v) is 3.44. The van der Waals surface area contributed by atoms with Crippen molar-refractivity contribution in [3.63, 3.8) is 0 Å². The van der Waals surface area contributed by atoms with E-state index in [1.165, 1.54) is 0 Å². The van der Waals surface area contributed by atoms with Crippen LogP contribution in [-0.4, -0.2) is 23.3 Å². The van der Waals surface area contributed by atoms with E-state index in [0.29, 0.717) is 6.92 Å². The molecule has 0 aliphatic rings. The average Bonchev–Trinajstić information content (AvgIpc) is 2.63. The Morgan fingerprint density at radius 2 is 1.18 bits per heavy atom. The van der Waals surface area contributed by atoms with Gasteiger partial charge in [0.15, 0.2) is 53.0 Å². The summed E-state index contributed by atoms with van der Waals surface area (Å²) in [6, 6.07) is 0. The van der Waals surface area contributed by atoms with Crippen LogP contribution in [0.25, 0.3) is 0 Å². The van der Waals surface area contributed by atoms with E-state index < -0.39 is 87.3 Å². The van der Waals surface area contributed by atoms with Crippen LogP contribution >= 0.6 is 0 Å². The molecule has 0 aliphatic heterocycles. The molecule has 0 fully saturated rings. The van der Waals surface area contributed by atoms with E-state index in [1.807, 2.05) is 0 Å². The van der Waals surface area contributed by atoms with E-state index in [9.17, 15) is 49.8 Å². The van der Waals surface area contributed by atoms with E-state index in [-0.39, 0.29) is 0 Å². The number of rotatable bonds is 5. The molecule has 150 valence electrons. The lowest BCUT2D eigenvalue weighted by atomic mass is 10.1. The van der Waals surface area contributed by atoms with Crippen LogP contribution in [0, 0.1) is 46.5 Å². The van der Waals surface area contributed by atoms with Crippen molar-refractivity contribution >= 4 is 11.6 Å². The van der Waals surface area contributed by atoms with E-state index in [1.54, 1.807) is 0 Å². The van der Waals surface area contributed by atoms with Gasteiger partial charge in [-0.2, -0.15) is 8.78 Å². The maximum Gasteiger partial charge on any atom is 0.207 e. The zero-order valence-corrected chi connectivity index (χ0v) is 13.4. The van der Waals surface area contributed by atoms with Crippen LogP contribution in [0.3, 0.4) is 0 Å². The van der Waals surface area contributed by atoms with Gasteiger partial charge in [-0.15, -0.1) is 0 Å². The van der Waals surface area contributed by atoms with Crippen LogP contribution in [0.5, 0.6) is 11.5 Å². The summed E-state index contributed by atoms with van der Waals surface area (Å²) in [6.45, 7) is -1.06. The molecule has 28 heavy (non-hydrogen) atoms. The van der Waals surface area contributed by atoms with Gasteiger partial charge in [0.25, 0.3) is 0 Å². The molecular weight excluding hydrogens is 408 g/mol. The first-order valence-electron chi connectivity index (χ1n) is 6.99. The quantitative estimate of drug-likeness (QED) is 0.348. The van der Waals surface area contributed by atoms with Gasteiger partial charge in [0.2, 0.25) is 23.2 Å². The molecule has 0 amide bonds. The smallest absolute Gasteiger partial charge is 0.207 e. The molecule has 12 heteroatoms. The van der Waals surface area contributed by atoms with Crippen LogP contribution < -0.4 is 4.74 Å². The zero-order chi connectivity index (χ0) is 21.5. The predicted molar refractivity (Wildman–Crippen MR) is 74.0 cm³/mol. The Hall–Kier alpha value is -3.18. The van der Waals surface area contributed by atoms with E-state index in [4.69, 9.17) is 0 Å². The Bertz CT molecular complexity index is 990. The molecule has 0 saturated heterocycles. The van der Waals surface area contributed by atoms with Crippen molar-refractivity contribution in [1.82, 2.24) is 0 Å². The number of halogens is 8. The second-order valence-electron chi connectivity index (χ2n) is 5.21. The molecule has 0 heterocycles. The van der Waals surface area contributed by atoms with Crippen molar-refractivity contribution in [2.75, 3.05) is 6.61 Å². The van der Waals surface area contributed by atoms with Gasteiger partial charge in [-0.3, -0.25) is 9.59 Å². The Kier molecular flexibility index (Phi) is 5.62. The van der Waals surface area contributed by atoms with Gasteiger partial charge in [0, 0.05) is 0 Å². The van der Waals surface area contributed by atoms with Crippen molar-refractivity contribution < 1.29 is 54.6 Å². The molecule has 0 radical (unpaired) electrons. The summed E-state index contributed by atoms with van der Waals surface area (Å²) in [5.41, 5.74) is -3.30. The van der Waals surface area contributed by atoms with Crippen LogP contribution in [0.4, 0.5) is 35.1 Å². The first-order chi connectivity index (χ1) is 12.9. The Labute approximate surface area is 150 Å². The van der Waals surface area contributed by atoms with Crippen molar-refractivity contribution in [2.24, 2.45) is 0 Å². The molecule has 0 unspecified atom stereocenters. The van der Waals surface area contributed by atoms with E-state index >= 15 is 0 Å². The Morgan fingerprint density at radius 3 is 1.71 bits per heavy atom.